The highest BCUT2D eigenvalue weighted by Crippen LogP contribution is 2.37. The minimum absolute atomic E-state index is 0.374. The number of benzene rings is 12. The summed E-state index contributed by atoms with van der Waals surface area (Å²) in [5.41, 5.74) is 14.8. The third kappa shape index (κ3) is 14.1. The van der Waals surface area contributed by atoms with Crippen LogP contribution in [0.5, 0.6) is 5.75 Å². The molecule has 0 aliphatic carbocycles. The number of nitrogens with zero attached hydrogens (tertiary/aromatic N) is 5. The van der Waals surface area contributed by atoms with E-state index < -0.39 is 5.97 Å². The number of para-hydroxylation sites is 6. The predicted octanol–water partition coefficient (Wildman–Crippen LogP) is 22.5. The summed E-state index contributed by atoms with van der Waals surface area (Å²) in [6.07, 6.45) is 7.40. The van der Waals surface area contributed by atoms with Crippen molar-refractivity contribution in [3.05, 3.63) is 358 Å². The van der Waals surface area contributed by atoms with Gasteiger partial charge in [-0.25, -0.2) is 4.79 Å². The number of carbonyl (C=O) groups excluding carboxylic acids is 1. The average Bonchev–Trinajstić information content (AvgIpc) is 1.63. The van der Waals surface area contributed by atoms with Gasteiger partial charge in [0.15, 0.2) is 0 Å². The fourth-order valence-electron chi connectivity index (χ4n) is 10.8. The van der Waals surface area contributed by atoms with E-state index in [0.29, 0.717) is 23.1 Å². The molecule has 446 valence electrons. The summed E-state index contributed by atoms with van der Waals surface area (Å²) in [5.74, 6) is 1.13. The van der Waals surface area contributed by atoms with Crippen molar-refractivity contribution < 1.29 is 13.9 Å². The van der Waals surface area contributed by atoms with Crippen LogP contribution < -0.4 is 9.64 Å². The SMILES string of the molecule is C=C(C)C(=O)Oc1ccc(N(c2ccccc2)c2ccccc2)cc1.C=Cc1ccc(-c2nnc(-c3cccc4ccccc34)o2)cc1.C=Cc1ccc2c(c1)c1ccccc1n2-c1ccccc1.C=Cc1ccccc1.C=Cn1c2ccccc2c2ccccc21. The summed E-state index contributed by atoms with van der Waals surface area (Å²) in [5, 5.41) is 15.8. The van der Waals surface area contributed by atoms with Gasteiger partial charge in [0.25, 0.3) is 0 Å². The van der Waals surface area contributed by atoms with Gasteiger partial charge in [-0.2, -0.15) is 0 Å². The zero-order valence-electron chi connectivity index (χ0n) is 51.2. The Hall–Kier alpha value is -12.4. The number of hydrogen-bond acceptors (Lipinski definition) is 6. The minimum atomic E-state index is -0.421. The molecule has 0 fully saturated rings. The normalized spacial score (nSPS) is 10.5. The molecule has 15 aromatic rings. The lowest BCUT2D eigenvalue weighted by Gasteiger charge is -2.25. The Morgan fingerprint density at radius 1 is 0.424 bits per heavy atom. The smallest absolute Gasteiger partial charge is 0.338 e. The van der Waals surface area contributed by atoms with Crippen molar-refractivity contribution >= 4 is 102 Å². The lowest BCUT2D eigenvalue weighted by molar-refractivity contribution is -0.130. The second-order valence-electron chi connectivity index (χ2n) is 21.3. The van der Waals surface area contributed by atoms with Gasteiger partial charge in [-0.3, -0.25) is 0 Å². The number of carbonyl (C=O) groups is 1. The number of anilines is 3. The van der Waals surface area contributed by atoms with E-state index in [1.807, 2.05) is 152 Å². The molecule has 0 bridgehead atoms. The number of rotatable bonds is 12. The van der Waals surface area contributed by atoms with Crippen LogP contribution in [0.1, 0.15) is 23.6 Å². The molecular weight excluding hydrogens is 1130 g/mol. The average molecular weight is 1190 g/mol. The maximum Gasteiger partial charge on any atom is 0.338 e. The van der Waals surface area contributed by atoms with Gasteiger partial charge in [-0.05, 0) is 144 Å². The summed E-state index contributed by atoms with van der Waals surface area (Å²) >= 11 is 0. The molecule has 3 heterocycles. The van der Waals surface area contributed by atoms with Crippen molar-refractivity contribution in [3.63, 3.8) is 0 Å². The molecule has 0 amide bonds. The van der Waals surface area contributed by atoms with Gasteiger partial charge in [0, 0.05) is 67.2 Å². The number of ether oxygens (including phenoxy) is 1. The van der Waals surface area contributed by atoms with Gasteiger partial charge in [0.1, 0.15) is 5.75 Å². The van der Waals surface area contributed by atoms with E-state index in [2.05, 4.69) is 215 Å². The zero-order chi connectivity index (χ0) is 63.6. The van der Waals surface area contributed by atoms with Crippen molar-refractivity contribution in [1.29, 1.82) is 0 Å². The topological polar surface area (TPSA) is 78.3 Å². The van der Waals surface area contributed by atoms with E-state index in [0.717, 1.165) is 50.1 Å². The molecule has 0 saturated heterocycles. The van der Waals surface area contributed by atoms with Crippen LogP contribution in [0.15, 0.2) is 346 Å². The van der Waals surface area contributed by atoms with Crippen molar-refractivity contribution in [3.8, 4) is 34.3 Å². The van der Waals surface area contributed by atoms with Crippen LogP contribution >= 0.6 is 0 Å². The Morgan fingerprint density at radius 2 is 0.870 bits per heavy atom. The quantitative estimate of drug-likeness (QED) is 0.0689. The molecular formula is C84H67N5O3. The first-order valence-corrected chi connectivity index (χ1v) is 30.1. The molecule has 0 aliphatic rings. The van der Waals surface area contributed by atoms with Crippen LogP contribution in [-0.2, 0) is 4.79 Å². The second kappa shape index (κ2) is 29.5. The fraction of sp³-hybridized carbons (Fsp3) is 0.0119. The molecule has 15 rings (SSSR count). The van der Waals surface area contributed by atoms with Crippen LogP contribution in [-0.4, -0.2) is 25.3 Å². The Bertz CT molecular complexity index is 4910. The number of aromatic nitrogens is 4. The Kier molecular flexibility index (Phi) is 19.7. The highest BCUT2D eigenvalue weighted by molar-refractivity contribution is 6.10. The third-order valence-electron chi connectivity index (χ3n) is 15.3. The molecule has 0 unspecified atom stereocenters. The first-order chi connectivity index (χ1) is 45.2. The molecule has 8 nitrogen and oxygen atoms in total. The van der Waals surface area contributed by atoms with Crippen molar-refractivity contribution in [2.24, 2.45) is 0 Å². The molecule has 0 atom stereocenters. The molecule has 3 aromatic heterocycles. The van der Waals surface area contributed by atoms with Crippen LogP contribution in [0, 0.1) is 0 Å². The van der Waals surface area contributed by atoms with Crippen LogP contribution in [0.25, 0.3) is 107 Å². The van der Waals surface area contributed by atoms with Crippen molar-refractivity contribution in [2.45, 2.75) is 6.92 Å². The number of hydrogen-bond donors (Lipinski definition) is 0. The van der Waals surface area contributed by atoms with Crippen LogP contribution in [0.4, 0.5) is 17.1 Å². The summed E-state index contributed by atoms with van der Waals surface area (Å²) in [6, 6.07) is 102. The van der Waals surface area contributed by atoms with Gasteiger partial charge in [-0.15, -0.1) is 10.2 Å². The molecule has 8 heteroatoms. The van der Waals surface area contributed by atoms with Gasteiger partial charge < -0.3 is 23.2 Å². The van der Waals surface area contributed by atoms with Gasteiger partial charge in [0.2, 0.25) is 11.8 Å². The fourth-order valence-corrected chi connectivity index (χ4v) is 10.8. The highest BCUT2D eigenvalue weighted by atomic mass is 16.5. The van der Waals surface area contributed by atoms with Gasteiger partial charge >= 0.3 is 5.97 Å². The van der Waals surface area contributed by atoms with Crippen molar-refractivity contribution in [1.82, 2.24) is 19.3 Å². The van der Waals surface area contributed by atoms with E-state index in [9.17, 15) is 4.79 Å². The van der Waals surface area contributed by atoms with E-state index in [-0.39, 0.29) is 0 Å². The maximum absolute atomic E-state index is 11.6. The summed E-state index contributed by atoms with van der Waals surface area (Å²) < 4.78 is 15.6. The van der Waals surface area contributed by atoms with E-state index in [1.165, 1.54) is 54.9 Å². The minimum Gasteiger partial charge on any atom is -0.423 e. The van der Waals surface area contributed by atoms with Gasteiger partial charge in [-0.1, -0.05) is 245 Å². The summed E-state index contributed by atoms with van der Waals surface area (Å²) in [6.45, 7) is 20.3. The molecule has 12 aromatic carbocycles. The number of fused-ring (bicyclic) bond motifs is 7. The van der Waals surface area contributed by atoms with Crippen LogP contribution in [0.2, 0.25) is 0 Å². The number of esters is 1. The predicted molar refractivity (Wildman–Crippen MR) is 388 cm³/mol. The highest BCUT2D eigenvalue weighted by Gasteiger charge is 2.16. The zero-order valence-corrected chi connectivity index (χ0v) is 51.2. The first kappa shape index (κ1) is 61.3. The first-order valence-electron chi connectivity index (χ1n) is 30.1. The lowest BCUT2D eigenvalue weighted by Crippen LogP contribution is -2.10. The third-order valence-corrected chi connectivity index (χ3v) is 15.3. The molecule has 0 spiro atoms. The standard InChI is InChI=1S/C22H19NO2.C20H14N2O.C20H15N.C14H11N.C8H8/c1-17(2)22(24)25-21-15-13-20(14-16-21)23(18-9-5-3-6-10-18)19-11-7-4-8-12-19;1-2-14-10-12-16(13-11-14)19-21-22-20(23-19)18-9-5-7-15-6-3-4-8-17(15)18;1-2-15-12-13-20-18(14-15)17-10-6-7-11-19(17)21(20)16-8-4-3-5-9-16;1-2-15-13-9-5-3-7-11(13)12-8-4-6-10-14(12)15;1-2-8-6-4-3-5-7-8/h3-16H,1H2,2H3;2-13H,1H2;2-14H,1H2;2-10H,1H2;2-7H,1H2. The Morgan fingerprint density at radius 3 is 1.42 bits per heavy atom. The monoisotopic (exact) mass is 1190 g/mol. The van der Waals surface area contributed by atoms with Crippen LogP contribution in [0.3, 0.4) is 0 Å². The summed E-state index contributed by atoms with van der Waals surface area (Å²) in [7, 11) is 0. The summed E-state index contributed by atoms with van der Waals surface area (Å²) in [4.78, 5) is 13.8. The maximum atomic E-state index is 11.6. The largest absolute Gasteiger partial charge is 0.423 e. The van der Waals surface area contributed by atoms with E-state index in [1.54, 1.807) is 25.1 Å². The second-order valence-corrected chi connectivity index (χ2v) is 21.3. The Balaban J connectivity index is 0.000000122. The van der Waals surface area contributed by atoms with Crippen molar-refractivity contribution in [2.75, 3.05) is 4.90 Å². The molecule has 0 radical (unpaired) electrons. The Labute approximate surface area is 536 Å². The molecule has 0 saturated carbocycles. The molecule has 0 aliphatic heterocycles. The molecule has 0 N–H and O–H groups in total. The van der Waals surface area contributed by atoms with E-state index >= 15 is 0 Å². The lowest BCUT2D eigenvalue weighted by atomic mass is 10.0. The van der Waals surface area contributed by atoms with Gasteiger partial charge in [0.05, 0.1) is 22.1 Å². The van der Waals surface area contributed by atoms with E-state index in [4.69, 9.17) is 9.15 Å². The molecule has 92 heavy (non-hydrogen) atoms.